The molecule has 0 saturated heterocycles. The minimum atomic E-state index is 0.641. The summed E-state index contributed by atoms with van der Waals surface area (Å²) in [7, 11) is 4.15. The summed E-state index contributed by atoms with van der Waals surface area (Å²) in [4.78, 5) is 4.47. The molecule has 4 rings (SSSR count). The zero-order chi connectivity index (χ0) is 17.9. The summed E-state index contributed by atoms with van der Waals surface area (Å²) >= 11 is 0. The van der Waals surface area contributed by atoms with E-state index >= 15 is 0 Å². The van der Waals surface area contributed by atoms with Gasteiger partial charge >= 0.3 is 0 Å². The van der Waals surface area contributed by atoms with Gasteiger partial charge in [0, 0.05) is 13.1 Å². The molecule has 8 nitrogen and oxygen atoms in total. The minimum Gasteiger partial charge on any atom is -0.308 e. The zero-order valence-corrected chi connectivity index (χ0v) is 15.0. The molecule has 0 saturated carbocycles. The smallest absolute Gasteiger partial charge is 0.113 e. The first-order valence-electron chi connectivity index (χ1n) is 8.64. The van der Waals surface area contributed by atoms with Gasteiger partial charge in [0.1, 0.15) is 11.0 Å². The van der Waals surface area contributed by atoms with Crippen molar-refractivity contribution in [3.8, 4) is 0 Å². The molecule has 2 aromatic heterocycles. The highest BCUT2D eigenvalue weighted by Gasteiger charge is 2.13. The van der Waals surface area contributed by atoms with Crippen LogP contribution in [0.3, 0.4) is 0 Å². The van der Waals surface area contributed by atoms with Crippen molar-refractivity contribution in [1.29, 1.82) is 0 Å². The molecule has 4 aromatic rings. The number of rotatable bonds is 7. The average molecular weight is 350 g/mol. The van der Waals surface area contributed by atoms with Crippen LogP contribution in [-0.4, -0.2) is 67.0 Å². The van der Waals surface area contributed by atoms with E-state index in [-0.39, 0.29) is 0 Å². The van der Waals surface area contributed by atoms with Crippen LogP contribution in [0.2, 0.25) is 0 Å². The lowest BCUT2D eigenvalue weighted by molar-refractivity contribution is 0.143. The van der Waals surface area contributed by atoms with Crippen LogP contribution in [0, 0.1) is 0 Å². The lowest BCUT2D eigenvalue weighted by Crippen LogP contribution is -2.35. The van der Waals surface area contributed by atoms with E-state index in [0.717, 1.165) is 35.2 Å². The molecule has 8 heteroatoms. The molecule has 2 heterocycles. The summed E-state index contributed by atoms with van der Waals surface area (Å²) in [6.07, 6.45) is 0. The largest absolute Gasteiger partial charge is 0.308 e. The number of hydrogen-bond donors (Lipinski definition) is 0. The van der Waals surface area contributed by atoms with Crippen molar-refractivity contribution in [2.75, 3.05) is 27.2 Å². The van der Waals surface area contributed by atoms with Crippen molar-refractivity contribution in [2.24, 2.45) is 0 Å². The van der Waals surface area contributed by atoms with Gasteiger partial charge in [-0.05, 0) is 38.4 Å². The van der Waals surface area contributed by atoms with Crippen molar-refractivity contribution >= 4 is 22.1 Å². The third-order valence-electron chi connectivity index (χ3n) is 4.37. The van der Waals surface area contributed by atoms with E-state index in [1.165, 1.54) is 0 Å². The SMILES string of the molecule is CN(C)CCN(Cn1nnc2ccccc21)Cn1nnc2ccccc21. The minimum absolute atomic E-state index is 0.641. The molecular formula is C18H22N8. The Bertz CT molecular complexity index is 926. The first-order valence-corrected chi connectivity index (χ1v) is 8.64. The number of hydrogen-bond acceptors (Lipinski definition) is 6. The Morgan fingerprint density at radius 2 is 1.23 bits per heavy atom. The van der Waals surface area contributed by atoms with E-state index in [0.29, 0.717) is 13.3 Å². The molecule has 0 unspecified atom stereocenters. The number of benzene rings is 2. The number of nitrogens with zero attached hydrogens (tertiary/aromatic N) is 8. The average Bonchev–Trinajstić information content (AvgIpc) is 3.24. The predicted octanol–water partition coefficient (Wildman–Crippen LogP) is 1.65. The van der Waals surface area contributed by atoms with E-state index < -0.39 is 0 Å². The van der Waals surface area contributed by atoms with Gasteiger partial charge in [-0.1, -0.05) is 34.7 Å². The van der Waals surface area contributed by atoms with Crippen LogP contribution < -0.4 is 0 Å². The summed E-state index contributed by atoms with van der Waals surface area (Å²) in [5.74, 6) is 0. The third kappa shape index (κ3) is 3.42. The van der Waals surface area contributed by atoms with E-state index in [4.69, 9.17) is 0 Å². The second-order valence-electron chi connectivity index (χ2n) is 6.64. The molecule has 0 aliphatic rings. The third-order valence-corrected chi connectivity index (χ3v) is 4.37. The Balaban J connectivity index is 1.59. The van der Waals surface area contributed by atoms with E-state index in [1.54, 1.807) is 0 Å². The number of para-hydroxylation sites is 2. The topological polar surface area (TPSA) is 67.9 Å². The maximum atomic E-state index is 4.32. The van der Waals surface area contributed by atoms with Crippen LogP contribution >= 0.6 is 0 Å². The monoisotopic (exact) mass is 350 g/mol. The Kier molecular flexibility index (Phi) is 4.59. The summed E-state index contributed by atoms with van der Waals surface area (Å²) < 4.78 is 3.87. The number of aromatic nitrogens is 6. The molecule has 0 spiro atoms. The molecule has 2 aromatic carbocycles. The Hall–Kier alpha value is -2.84. The molecular weight excluding hydrogens is 328 g/mol. The van der Waals surface area contributed by atoms with Crippen LogP contribution in [0.4, 0.5) is 0 Å². The van der Waals surface area contributed by atoms with Gasteiger partial charge in [-0.2, -0.15) is 0 Å². The quantitative estimate of drug-likeness (QED) is 0.505. The van der Waals surface area contributed by atoms with Gasteiger partial charge in [0.15, 0.2) is 0 Å². The van der Waals surface area contributed by atoms with Gasteiger partial charge < -0.3 is 4.90 Å². The zero-order valence-electron chi connectivity index (χ0n) is 15.0. The molecule has 134 valence electrons. The second kappa shape index (κ2) is 7.19. The fourth-order valence-corrected chi connectivity index (χ4v) is 2.95. The predicted molar refractivity (Wildman–Crippen MR) is 100 cm³/mol. The first-order chi connectivity index (χ1) is 12.7. The van der Waals surface area contributed by atoms with E-state index in [2.05, 4.69) is 44.5 Å². The molecule has 0 bridgehead atoms. The lowest BCUT2D eigenvalue weighted by Gasteiger charge is -2.24. The van der Waals surface area contributed by atoms with Crippen LogP contribution in [0.15, 0.2) is 48.5 Å². The normalized spacial score (nSPS) is 12.0. The maximum absolute atomic E-state index is 4.32. The summed E-state index contributed by atoms with van der Waals surface area (Å²) in [6.45, 7) is 3.11. The molecule has 0 radical (unpaired) electrons. The highest BCUT2D eigenvalue weighted by Crippen LogP contribution is 2.13. The van der Waals surface area contributed by atoms with Gasteiger partial charge in [-0.3, -0.25) is 4.90 Å². The van der Waals surface area contributed by atoms with Crippen LogP contribution in [-0.2, 0) is 13.3 Å². The van der Waals surface area contributed by atoms with Crippen LogP contribution in [0.5, 0.6) is 0 Å². The summed E-state index contributed by atoms with van der Waals surface area (Å²) in [5.41, 5.74) is 3.88. The summed E-state index contributed by atoms with van der Waals surface area (Å²) in [5, 5.41) is 17.1. The first kappa shape index (κ1) is 16.6. The Labute approximate surface area is 151 Å². The van der Waals surface area contributed by atoms with Crippen molar-refractivity contribution in [3.05, 3.63) is 48.5 Å². The molecule has 0 amide bonds. The molecule has 0 aliphatic carbocycles. The van der Waals surface area contributed by atoms with Gasteiger partial charge in [0.25, 0.3) is 0 Å². The molecule has 0 aliphatic heterocycles. The van der Waals surface area contributed by atoms with Gasteiger partial charge in [0.05, 0.1) is 24.4 Å². The highest BCUT2D eigenvalue weighted by molar-refractivity contribution is 5.74. The van der Waals surface area contributed by atoms with Gasteiger partial charge in [-0.25, -0.2) is 9.36 Å². The summed E-state index contributed by atoms with van der Waals surface area (Å²) in [6, 6.07) is 16.0. The van der Waals surface area contributed by atoms with Crippen molar-refractivity contribution in [2.45, 2.75) is 13.3 Å². The number of likely N-dealkylation sites (N-methyl/N-ethyl adjacent to an activating group) is 1. The molecule has 0 atom stereocenters. The van der Waals surface area contributed by atoms with Crippen LogP contribution in [0.1, 0.15) is 0 Å². The Morgan fingerprint density at radius 3 is 1.73 bits per heavy atom. The fraction of sp³-hybridized carbons (Fsp3) is 0.333. The molecule has 26 heavy (non-hydrogen) atoms. The van der Waals surface area contributed by atoms with Crippen molar-refractivity contribution < 1.29 is 0 Å². The lowest BCUT2D eigenvalue weighted by atomic mass is 10.3. The standard InChI is InChI=1S/C18H22N8/c1-23(2)11-12-24(13-25-17-9-5-3-7-15(17)19-21-25)14-26-18-10-6-4-8-16(18)20-22-26/h3-10H,11-14H2,1-2H3. The van der Waals surface area contributed by atoms with E-state index in [9.17, 15) is 0 Å². The van der Waals surface area contributed by atoms with Crippen molar-refractivity contribution in [3.63, 3.8) is 0 Å². The highest BCUT2D eigenvalue weighted by atomic mass is 15.5. The number of fused-ring (bicyclic) bond motifs is 2. The van der Waals surface area contributed by atoms with Crippen molar-refractivity contribution in [1.82, 2.24) is 39.8 Å². The van der Waals surface area contributed by atoms with E-state index in [1.807, 2.05) is 57.9 Å². The fourth-order valence-electron chi connectivity index (χ4n) is 2.95. The maximum Gasteiger partial charge on any atom is 0.113 e. The molecule has 0 fully saturated rings. The van der Waals surface area contributed by atoms with Crippen LogP contribution in [0.25, 0.3) is 22.1 Å². The second-order valence-corrected chi connectivity index (χ2v) is 6.64. The van der Waals surface area contributed by atoms with Gasteiger partial charge in [-0.15, -0.1) is 10.2 Å². The Morgan fingerprint density at radius 1 is 0.731 bits per heavy atom. The van der Waals surface area contributed by atoms with Gasteiger partial charge in [0.2, 0.25) is 0 Å². The molecule has 0 N–H and O–H groups in total.